The molecule has 1 N–H and O–H groups in total. The van der Waals surface area contributed by atoms with Crippen LogP contribution < -0.4 is 10.4 Å². The number of carbonyl (C=O) groups is 1. The normalized spacial score (nSPS) is 28.4. The van der Waals surface area contributed by atoms with Crippen LogP contribution in [0.1, 0.15) is 17.9 Å². The van der Waals surface area contributed by atoms with Gasteiger partial charge >= 0.3 is 0 Å². The SMILES string of the molecule is O=C([O-])[C@@H]1Nc2cc(Cl)cc(Cl)c2[C@H]2C=CC[C@@H]21. The Hall–Kier alpha value is -1.19. The average Bonchev–Trinajstić information content (AvgIpc) is 2.75. The van der Waals surface area contributed by atoms with Gasteiger partial charge in [0.1, 0.15) is 0 Å². The fraction of sp³-hybridized carbons (Fsp3) is 0.308. The summed E-state index contributed by atoms with van der Waals surface area (Å²) < 4.78 is 0. The minimum atomic E-state index is -1.09. The zero-order chi connectivity index (χ0) is 12.9. The predicted octanol–water partition coefficient (Wildman–Crippen LogP) is 2.20. The number of benzene rings is 1. The molecular formula is C13H10Cl2NO2-. The van der Waals surface area contributed by atoms with Crippen LogP contribution in [-0.2, 0) is 4.79 Å². The third kappa shape index (κ3) is 1.70. The number of allylic oxidation sites excluding steroid dienone is 2. The lowest BCUT2D eigenvalue weighted by Crippen LogP contribution is -2.48. The first kappa shape index (κ1) is 11.9. The molecule has 0 bridgehead atoms. The highest BCUT2D eigenvalue weighted by Gasteiger charge is 2.38. The van der Waals surface area contributed by atoms with Crippen molar-refractivity contribution >= 4 is 34.9 Å². The molecule has 94 valence electrons. The summed E-state index contributed by atoms with van der Waals surface area (Å²) in [5.74, 6) is -1.11. The van der Waals surface area contributed by atoms with Gasteiger partial charge in [0.15, 0.2) is 0 Å². The number of carbonyl (C=O) groups excluding carboxylic acids is 1. The molecule has 1 aromatic rings. The minimum Gasteiger partial charge on any atom is -0.548 e. The summed E-state index contributed by atoms with van der Waals surface area (Å²) in [6, 6.07) is 2.69. The van der Waals surface area contributed by atoms with Crippen LogP contribution in [0.5, 0.6) is 0 Å². The third-order valence-electron chi connectivity index (χ3n) is 3.63. The molecule has 0 radical (unpaired) electrons. The van der Waals surface area contributed by atoms with Gasteiger partial charge in [-0.2, -0.15) is 0 Å². The molecular weight excluding hydrogens is 273 g/mol. The maximum atomic E-state index is 11.2. The highest BCUT2D eigenvalue weighted by molar-refractivity contribution is 6.35. The van der Waals surface area contributed by atoms with Gasteiger partial charge in [0, 0.05) is 27.2 Å². The largest absolute Gasteiger partial charge is 0.548 e. The van der Waals surface area contributed by atoms with Gasteiger partial charge in [-0.25, -0.2) is 0 Å². The van der Waals surface area contributed by atoms with E-state index in [2.05, 4.69) is 5.32 Å². The van der Waals surface area contributed by atoms with Gasteiger partial charge in [-0.05, 0) is 24.5 Å². The number of carboxylic acids is 1. The molecule has 0 spiro atoms. The van der Waals surface area contributed by atoms with Gasteiger partial charge in [-0.15, -0.1) is 0 Å². The maximum absolute atomic E-state index is 11.2. The van der Waals surface area contributed by atoms with E-state index < -0.39 is 12.0 Å². The molecule has 0 aromatic heterocycles. The van der Waals surface area contributed by atoms with Gasteiger partial charge in [-0.1, -0.05) is 35.4 Å². The van der Waals surface area contributed by atoms with Crippen LogP contribution in [0.25, 0.3) is 0 Å². The second-order valence-corrected chi connectivity index (χ2v) is 5.49. The summed E-state index contributed by atoms with van der Waals surface area (Å²) in [5, 5.41) is 15.2. The van der Waals surface area contributed by atoms with Gasteiger partial charge in [-0.3, -0.25) is 0 Å². The lowest BCUT2D eigenvalue weighted by molar-refractivity contribution is -0.308. The number of anilines is 1. The van der Waals surface area contributed by atoms with Crippen LogP contribution >= 0.6 is 23.2 Å². The number of nitrogens with one attached hydrogen (secondary N) is 1. The fourth-order valence-electron chi connectivity index (χ4n) is 2.88. The Balaban J connectivity index is 2.14. The molecule has 18 heavy (non-hydrogen) atoms. The van der Waals surface area contributed by atoms with E-state index in [1.807, 2.05) is 12.2 Å². The summed E-state index contributed by atoms with van der Waals surface area (Å²) in [6.07, 6.45) is 4.72. The molecule has 3 atom stereocenters. The average molecular weight is 283 g/mol. The van der Waals surface area contributed by atoms with Crippen LogP contribution in [-0.4, -0.2) is 12.0 Å². The summed E-state index contributed by atoms with van der Waals surface area (Å²) in [5.41, 5.74) is 1.62. The standard InChI is InChI=1S/C13H11Cl2NO2/c14-6-4-9(15)11-7-2-1-3-8(7)12(13(17)18)16-10(11)5-6/h1-2,4-5,7-8,12,16H,3H2,(H,17,18)/p-1/t7-,8-,12+/m0/s1. The van der Waals surface area contributed by atoms with Crippen molar-refractivity contribution in [3.8, 4) is 0 Å². The van der Waals surface area contributed by atoms with Crippen molar-refractivity contribution in [2.75, 3.05) is 5.32 Å². The van der Waals surface area contributed by atoms with E-state index in [0.717, 1.165) is 5.56 Å². The van der Waals surface area contributed by atoms with Crippen LogP contribution in [0.15, 0.2) is 24.3 Å². The lowest BCUT2D eigenvalue weighted by atomic mass is 9.79. The highest BCUT2D eigenvalue weighted by atomic mass is 35.5. The second-order valence-electron chi connectivity index (χ2n) is 4.64. The lowest BCUT2D eigenvalue weighted by Gasteiger charge is -2.38. The zero-order valence-electron chi connectivity index (χ0n) is 9.32. The second kappa shape index (κ2) is 4.18. The van der Waals surface area contributed by atoms with Crippen molar-refractivity contribution in [1.29, 1.82) is 0 Å². The van der Waals surface area contributed by atoms with Crippen molar-refractivity contribution < 1.29 is 9.90 Å². The molecule has 1 aromatic carbocycles. The van der Waals surface area contributed by atoms with Crippen LogP contribution in [0.2, 0.25) is 10.0 Å². The maximum Gasteiger partial charge on any atom is 0.0698 e. The number of halogens is 2. The van der Waals surface area contributed by atoms with Crippen molar-refractivity contribution in [2.45, 2.75) is 18.4 Å². The van der Waals surface area contributed by atoms with E-state index in [1.54, 1.807) is 12.1 Å². The number of hydrogen-bond donors (Lipinski definition) is 1. The van der Waals surface area contributed by atoms with Gasteiger partial charge < -0.3 is 15.2 Å². The van der Waals surface area contributed by atoms with E-state index >= 15 is 0 Å². The Bertz CT molecular complexity index is 556. The molecule has 5 heteroatoms. The van der Waals surface area contributed by atoms with E-state index in [-0.39, 0.29) is 11.8 Å². The smallest absolute Gasteiger partial charge is 0.0698 e. The van der Waals surface area contributed by atoms with E-state index in [0.29, 0.717) is 22.2 Å². The number of carboxylic acid groups (broad SMARTS) is 1. The summed E-state index contributed by atoms with van der Waals surface area (Å²) in [4.78, 5) is 11.2. The predicted molar refractivity (Wildman–Crippen MR) is 68.9 cm³/mol. The topological polar surface area (TPSA) is 52.2 Å². The molecule has 0 unspecified atom stereocenters. The van der Waals surface area contributed by atoms with Crippen LogP contribution in [0.4, 0.5) is 5.69 Å². The molecule has 3 nitrogen and oxygen atoms in total. The Kier molecular flexibility index (Phi) is 2.76. The molecule has 1 aliphatic heterocycles. The molecule has 2 aliphatic rings. The number of fused-ring (bicyclic) bond motifs is 3. The quantitative estimate of drug-likeness (QED) is 0.804. The Labute approximate surface area is 114 Å². The summed E-state index contributed by atoms with van der Waals surface area (Å²) in [6.45, 7) is 0. The van der Waals surface area contributed by atoms with Crippen LogP contribution in [0.3, 0.4) is 0 Å². The third-order valence-corrected chi connectivity index (χ3v) is 4.16. The van der Waals surface area contributed by atoms with Crippen molar-refractivity contribution in [3.05, 3.63) is 39.9 Å². The molecule has 1 aliphatic carbocycles. The molecule has 0 saturated heterocycles. The number of hydrogen-bond acceptors (Lipinski definition) is 3. The Morgan fingerprint density at radius 1 is 1.39 bits per heavy atom. The molecule has 0 saturated carbocycles. The first-order valence-corrected chi connectivity index (χ1v) is 6.46. The number of rotatable bonds is 1. The monoisotopic (exact) mass is 282 g/mol. The molecule has 1 heterocycles. The van der Waals surface area contributed by atoms with Gasteiger partial charge in [0.25, 0.3) is 0 Å². The Morgan fingerprint density at radius 2 is 2.17 bits per heavy atom. The molecule has 0 fully saturated rings. The van der Waals surface area contributed by atoms with Crippen molar-refractivity contribution in [1.82, 2.24) is 0 Å². The Morgan fingerprint density at radius 3 is 2.89 bits per heavy atom. The number of aliphatic carboxylic acids is 1. The van der Waals surface area contributed by atoms with Crippen LogP contribution in [0, 0.1) is 5.92 Å². The van der Waals surface area contributed by atoms with E-state index in [1.165, 1.54) is 0 Å². The highest BCUT2D eigenvalue weighted by Crippen LogP contribution is 2.48. The van der Waals surface area contributed by atoms with Crippen molar-refractivity contribution in [2.24, 2.45) is 5.92 Å². The molecule has 0 amide bonds. The first-order valence-electron chi connectivity index (χ1n) is 5.71. The van der Waals surface area contributed by atoms with E-state index in [9.17, 15) is 9.90 Å². The molecule has 3 rings (SSSR count). The van der Waals surface area contributed by atoms with Gasteiger partial charge in [0.2, 0.25) is 0 Å². The van der Waals surface area contributed by atoms with E-state index in [4.69, 9.17) is 23.2 Å². The first-order chi connectivity index (χ1) is 8.58. The summed E-state index contributed by atoms with van der Waals surface area (Å²) >= 11 is 12.2. The summed E-state index contributed by atoms with van der Waals surface area (Å²) in [7, 11) is 0. The minimum absolute atomic E-state index is 0.0221. The van der Waals surface area contributed by atoms with Crippen molar-refractivity contribution in [3.63, 3.8) is 0 Å². The zero-order valence-corrected chi connectivity index (χ0v) is 10.8. The van der Waals surface area contributed by atoms with Gasteiger partial charge in [0.05, 0.1) is 12.0 Å². The fourth-order valence-corrected chi connectivity index (χ4v) is 3.50.